The Morgan fingerprint density at radius 3 is 2.15 bits per heavy atom. The van der Waals surface area contributed by atoms with Crippen LogP contribution in [0.3, 0.4) is 0 Å². The third-order valence-corrected chi connectivity index (χ3v) is 9.51. The normalized spacial score (nSPS) is 22.8. The maximum Gasteiger partial charge on any atom is 0.509 e. The predicted octanol–water partition coefficient (Wildman–Crippen LogP) is 6.26. The van der Waals surface area contributed by atoms with Crippen molar-refractivity contribution in [3.8, 4) is 5.75 Å². The summed E-state index contributed by atoms with van der Waals surface area (Å²) in [5.41, 5.74) is 0.558. The molecular weight excluding hydrogens is 664 g/mol. The quantitative estimate of drug-likeness (QED) is 0.199. The number of hydrogen-bond donors (Lipinski definition) is 1. The third kappa shape index (κ3) is 12.0. The number of alkyl carbamates (subject to hydrolysis) is 1. The highest BCUT2D eigenvalue weighted by Crippen LogP contribution is 2.32. The zero-order valence-electron chi connectivity index (χ0n) is 32.0. The number of benzene rings is 2. The highest BCUT2D eigenvalue weighted by Gasteiger charge is 2.50. The average molecular weight is 723 g/mol. The predicted molar refractivity (Wildman–Crippen MR) is 197 cm³/mol. The Balaban J connectivity index is 1.30. The summed E-state index contributed by atoms with van der Waals surface area (Å²) in [7, 11) is 1.59. The first-order valence-electron chi connectivity index (χ1n) is 18.6. The van der Waals surface area contributed by atoms with Crippen molar-refractivity contribution in [2.45, 2.75) is 109 Å². The van der Waals surface area contributed by atoms with Crippen molar-refractivity contribution in [1.29, 1.82) is 0 Å². The maximum absolute atomic E-state index is 13.6. The lowest BCUT2D eigenvalue weighted by atomic mass is 10.0. The van der Waals surface area contributed by atoms with Crippen LogP contribution in [0.15, 0.2) is 54.6 Å². The van der Waals surface area contributed by atoms with E-state index in [4.69, 9.17) is 23.7 Å². The van der Waals surface area contributed by atoms with Gasteiger partial charge in [0.25, 0.3) is 0 Å². The van der Waals surface area contributed by atoms with Crippen molar-refractivity contribution >= 4 is 18.3 Å². The Morgan fingerprint density at radius 2 is 1.52 bits per heavy atom. The topological polar surface area (TPSA) is 119 Å². The minimum atomic E-state index is -1.000. The number of nitrogens with zero attached hydrogens (tertiary/aromatic N) is 3. The summed E-state index contributed by atoms with van der Waals surface area (Å²) < 4.78 is 28.4. The summed E-state index contributed by atoms with van der Waals surface area (Å²) in [6.45, 7) is 15.9. The van der Waals surface area contributed by atoms with Gasteiger partial charge in [0.1, 0.15) is 17.0 Å². The van der Waals surface area contributed by atoms with Crippen LogP contribution in [0.4, 0.5) is 14.4 Å². The molecule has 2 heterocycles. The van der Waals surface area contributed by atoms with Gasteiger partial charge < -0.3 is 33.9 Å². The van der Waals surface area contributed by atoms with Gasteiger partial charge in [-0.3, -0.25) is 9.80 Å². The van der Waals surface area contributed by atoms with E-state index in [1.807, 2.05) is 30.3 Å². The van der Waals surface area contributed by atoms with Crippen LogP contribution >= 0.6 is 0 Å². The van der Waals surface area contributed by atoms with Crippen molar-refractivity contribution < 1.29 is 38.1 Å². The molecular formula is C40H58N4O8. The minimum absolute atomic E-state index is 0.0414. The van der Waals surface area contributed by atoms with Crippen LogP contribution in [0.25, 0.3) is 0 Å². The van der Waals surface area contributed by atoms with Gasteiger partial charge in [-0.05, 0) is 96.4 Å². The van der Waals surface area contributed by atoms with Crippen LogP contribution in [0.2, 0.25) is 0 Å². The molecule has 0 spiro atoms. The molecule has 5 rings (SSSR count). The van der Waals surface area contributed by atoms with Gasteiger partial charge in [0, 0.05) is 45.3 Å². The van der Waals surface area contributed by atoms with Crippen LogP contribution in [-0.4, -0.2) is 115 Å². The number of rotatable bonds is 12. The second kappa shape index (κ2) is 17.2. The van der Waals surface area contributed by atoms with Crippen LogP contribution in [-0.2, 0) is 31.9 Å². The number of likely N-dealkylation sites (tertiary alicyclic amines) is 1. The summed E-state index contributed by atoms with van der Waals surface area (Å²) in [4.78, 5) is 46.7. The first-order valence-corrected chi connectivity index (χ1v) is 18.6. The van der Waals surface area contributed by atoms with Crippen molar-refractivity contribution in [2.75, 3.05) is 46.4 Å². The molecule has 1 aliphatic carbocycles. The lowest BCUT2D eigenvalue weighted by Gasteiger charge is -2.42. The number of ether oxygens (including phenoxy) is 5. The van der Waals surface area contributed by atoms with Crippen molar-refractivity contribution in [3.63, 3.8) is 0 Å². The van der Waals surface area contributed by atoms with Crippen LogP contribution in [0, 0.1) is 5.92 Å². The van der Waals surface area contributed by atoms with Gasteiger partial charge in [-0.1, -0.05) is 42.5 Å². The Kier molecular flexibility index (Phi) is 13.0. The molecule has 12 nitrogen and oxygen atoms in total. The smallest absolute Gasteiger partial charge is 0.497 e. The van der Waals surface area contributed by atoms with Crippen LogP contribution in [0.5, 0.6) is 5.75 Å². The van der Waals surface area contributed by atoms with Gasteiger partial charge in [0.2, 0.25) is 0 Å². The SMILES string of the molecule is COc1ccc(C[C@@H]2[C@H](OC(=O)NCC[C@H]3CN(CC4CC4)CCN3Cc3ccccc3)[C@@H](OC(=O)OC(C)(C)C)CN2C(=O)OC(C)(C)C)cc1. The van der Waals surface area contributed by atoms with Gasteiger partial charge in [-0.15, -0.1) is 0 Å². The molecule has 2 aromatic rings. The zero-order valence-corrected chi connectivity index (χ0v) is 32.0. The Hall–Kier alpha value is -4.03. The summed E-state index contributed by atoms with van der Waals surface area (Å²) in [5, 5.41) is 2.97. The van der Waals surface area contributed by atoms with Crippen molar-refractivity contribution in [1.82, 2.24) is 20.0 Å². The monoisotopic (exact) mass is 722 g/mol. The lowest BCUT2D eigenvalue weighted by molar-refractivity contribution is -0.0518. The third-order valence-electron chi connectivity index (χ3n) is 9.51. The van der Waals surface area contributed by atoms with E-state index < -0.39 is 47.8 Å². The molecule has 0 unspecified atom stereocenters. The molecule has 12 heteroatoms. The van der Waals surface area contributed by atoms with Crippen LogP contribution in [0.1, 0.15) is 71.9 Å². The van der Waals surface area contributed by atoms with Gasteiger partial charge in [-0.2, -0.15) is 0 Å². The molecule has 2 saturated heterocycles. The Morgan fingerprint density at radius 1 is 0.827 bits per heavy atom. The lowest BCUT2D eigenvalue weighted by Crippen LogP contribution is -2.54. The van der Waals surface area contributed by atoms with E-state index in [0.29, 0.717) is 18.7 Å². The van der Waals surface area contributed by atoms with E-state index in [-0.39, 0.29) is 12.6 Å². The maximum atomic E-state index is 13.6. The molecule has 3 aliphatic rings. The summed E-state index contributed by atoms with van der Waals surface area (Å²) >= 11 is 0. The highest BCUT2D eigenvalue weighted by molar-refractivity contribution is 5.71. The molecule has 0 aromatic heterocycles. The van der Waals surface area contributed by atoms with Crippen LogP contribution < -0.4 is 10.1 Å². The minimum Gasteiger partial charge on any atom is -0.497 e. The molecule has 0 radical (unpaired) electrons. The number of nitrogens with one attached hydrogen (secondary N) is 1. The Bertz CT molecular complexity index is 1470. The molecule has 2 aliphatic heterocycles. The zero-order chi connectivity index (χ0) is 37.5. The van der Waals surface area contributed by atoms with Gasteiger partial charge >= 0.3 is 18.3 Å². The fourth-order valence-electron chi connectivity index (χ4n) is 6.87. The molecule has 2 aromatic carbocycles. The molecule has 0 bridgehead atoms. The number of carbonyl (C=O) groups is 3. The summed E-state index contributed by atoms with van der Waals surface area (Å²) in [5.74, 6) is 1.50. The fourth-order valence-corrected chi connectivity index (χ4v) is 6.87. The van der Waals surface area contributed by atoms with E-state index in [9.17, 15) is 14.4 Å². The summed E-state index contributed by atoms with van der Waals surface area (Å²) in [6.07, 6.45) is -0.469. The van der Waals surface area contributed by atoms with E-state index in [1.54, 1.807) is 48.7 Å². The largest absolute Gasteiger partial charge is 0.509 e. The average Bonchev–Trinajstić information content (AvgIpc) is 3.83. The van der Waals surface area contributed by atoms with Gasteiger partial charge in [0.05, 0.1) is 19.7 Å². The molecule has 2 amide bonds. The molecule has 1 N–H and O–H groups in total. The van der Waals surface area contributed by atoms with Crippen molar-refractivity contribution in [3.05, 3.63) is 65.7 Å². The second-order valence-corrected chi connectivity index (χ2v) is 16.3. The first kappa shape index (κ1) is 39.2. The molecule has 286 valence electrons. The Labute approximate surface area is 309 Å². The van der Waals surface area contributed by atoms with E-state index >= 15 is 0 Å². The number of piperazine rings is 1. The van der Waals surface area contributed by atoms with E-state index in [0.717, 1.165) is 50.6 Å². The molecule has 4 atom stereocenters. The van der Waals surface area contributed by atoms with E-state index in [2.05, 4.69) is 39.4 Å². The molecule has 3 fully saturated rings. The number of hydrogen-bond acceptors (Lipinski definition) is 10. The fraction of sp³-hybridized carbons (Fsp3) is 0.625. The molecule has 1 saturated carbocycles. The van der Waals surface area contributed by atoms with Gasteiger partial charge in [0.15, 0.2) is 12.2 Å². The first-order chi connectivity index (χ1) is 24.7. The highest BCUT2D eigenvalue weighted by atomic mass is 16.7. The number of carbonyl (C=O) groups excluding carboxylic acids is 3. The van der Waals surface area contributed by atoms with E-state index in [1.165, 1.54) is 23.3 Å². The number of amides is 2. The van der Waals surface area contributed by atoms with Gasteiger partial charge in [-0.25, -0.2) is 14.4 Å². The second-order valence-electron chi connectivity index (χ2n) is 16.3. The number of methoxy groups -OCH3 is 1. The van der Waals surface area contributed by atoms with Crippen molar-refractivity contribution in [2.24, 2.45) is 5.92 Å². The molecule has 52 heavy (non-hydrogen) atoms. The standard InChI is InChI=1S/C40H58N4O8/c1-39(2,3)51-37(46)44-27-34(49-38(47)52-40(4,5)6)35(33(44)23-28-15-17-32(48-7)18-16-28)50-36(45)41-20-19-31-26-42(24-30-13-14-30)21-22-43(31)25-29-11-9-8-10-12-29/h8-12,15-18,30-31,33-35H,13-14,19-27H2,1-7H3,(H,41,45)/t31-,33+,34-,35-/m0/s1. The summed E-state index contributed by atoms with van der Waals surface area (Å²) in [6, 6.07) is 17.5.